The second-order valence-electron chi connectivity index (χ2n) is 8.02. The number of benzene rings is 2. The first-order valence-corrected chi connectivity index (χ1v) is 9.22. The quantitative estimate of drug-likeness (QED) is 0.683. The first-order valence-electron chi connectivity index (χ1n) is 9.22. The van der Waals surface area contributed by atoms with Crippen molar-refractivity contribution in [3.8, 4) is 0 Å². The number of hydrogen-bond donors (Lipinski definition) is 1. The van der Waals surface area contributed by atoms with Gasteiger partial charge in [-0.25, -0.2) is 0 Å². The lowest BCUT2D eigenvalue weighted by atomic mass is 9.92. The molecule has 1 heterocycles. The predicted molar refractivity (Wildman–Crippen MR) is 111 cm³/mol. The van der Waals surface area contributed by atoms with Crippen molar-refractivity contribution in [1.82, 2.24) is 9.78 Å². The van der Waals surface area contributed by atoms with E-state index in [0.29, 0.717) is 22.5 Å². The van der Waals surface area contributed by atoms with E-state index in [2.05, 4.69) is 31.2 Å². The molecule has 1 N–H and O–H groups in total. The van der Waals surface area contributed by atoms with Crippen molar-refractivity contribution in [1.29, 1.82) is 0 Å². The summed E-state index contributed by atoms with van der Waals surface area (Å²) in [6.07, 6.45) is 0. The fraction of sp³-hybridized carbons (Fsp3) is 0.261. The molecule has 28 heavy (non-hydrogen) atoms. The second kappa shape index (κ2) is 7.43. The Kier molecular flexibility index (Phi) is 5.18. The number of nitrogens with zero attached hydrogens (tertiary/aromatic N) is 2. The Balaban J connectivity index is 1.81. The average molecular weight is 375 g/mol. The zero-order valence-electron chi connectivity index (χ0n) is 16.9. The Morgan fingerprint density at radius 1 is 0.964 bits per heavy atom. The van der Waals surface area contributed by atoms with Gasteiger partial charge in [-0.1, -0.05) is 62.7 Å². The molecule has 0 bridgehead atoms. The van der Waals surface area contributed by atoms with Crippen molar-refractivity contribution in [2.45, 2.75) is 33.1 Å². The molecule has 3 aromatic rings. The van der Waals surface area contributed by atoms with E-state index in [4.69, 9.17) is 0 Å². The van der Waals surface area contributed by atoms with E-state index in [1.165, 1.54) is 0 Å². The van der Waals surface area contributed by atoms with Crippen LogP contribution < -0.4 is 5.32 Å². The van der Waals surface area contributed by atoms with Gasteiger partial charge in [-0.15, -0.1) is 0 Å². The van der Waals surface area contributed by atoms with E-state index in [1.807, 2.05) is 31.2 Å². The lowest BCUT2D eigenvalue weighted by molar-refractivity contribution is 0.101. The van der Waals surface area contributed by atoms with Crippen LogP contribution in [0.2, 0.25) is 0 Å². The molecule has 0 aliphatic carbocycles. The van der Waals surface area contributed by atoms with Gasteiger partial charge in [0.15, 0.2) is 5.78 Å². The lowest BCUT2D eigenvalue weighted by Gasteiger charge is -2.13. The van der Waals surface area contributed by atoms with Crippen LogP contribution >= 0.6 is 0 Å². The van der Waals surface area contributed by atoms with Gasteiger partial charge in [-0.05, 0) is 25.1 Å². The summed E-state index contributed by atoms with van der Waals surface area (Å²) < 4.78 is 1.58. The van der Waals surface area contributed by atoms with Gasteiger partial charge in [0, 0.05) is 29.3 Å². The van der Waals surface area contributed by atoms with E-state index >= 15 is 0 Å². The fourth-order valence-electron chi connectivity index (χ4n) is 2.85. The fourth-order valence-corrected chi connectivity index (χ4v) is 2.85. The van der Waals surface area contributed by atoms with Crippen molar-refractivity contribution >= 4 is 17.4 Å². The van der Waals surface area contributed by atoms with E-state index in [-0.39, 0.29) is 17.1 Å². The Morgan fingerprint density at radius 2 is 1.64 bits per heavy atom. The van der Waals surface area contributed by atoms with Crippen LogP contribution in [0.4, 0.5) is 5.69 Å². The monoisotopic (exact) mass is 375 g/mol. The molecule has 5 heteroatoms. The Morgan fingerprint density at radius 3 is 2.25 bits per heavy atom. The Bertz CT molecular complexity index is 1020. The van der Waals surface area contributed by atoms with Crippen LogP contribution in [0.25, 0.3) is 0 Å². The highest BCUT2D eigenvalue weighted by atomic mass is 16.2. The van der Waals surface area contributed by atoms with Crippen molar-refractivity contribution in [2.24, 2.45) is 7.05 Å². The molecule has 0 spiro atoms. The number of nitrogens with one attached hydrogen (secondary N) is 1. The highest BCUT2D eigenvalue weighted by Gasteiger charge is 2.22. The van der Waals surface area contributed by atoms with Gasteiger partial charge in [0.25, 0.3) is 5.91 Å². The van der Waals surface area contributed by atoms with Gasteiger partial charge in [0.1, 0.15) is 5.69 Å². The third-order valence-corrected chi connectivity index (χ3v) is 4.58. The van der Waals surface area contributed by atoms with Crippen LogP contribution in [0.3, 0.4) is 0 Å². The lowest BCUT2D eigenvalue weighted by Crippen LogP contribution is -2.16. The van der Waals surface area contributed by atoms with Crippen molar-refractivity contribution in [3.05, 3.63) is 82.7 Å². The third-order valence-electron chi connectivity index (χ3n) is 4.58. The maximum Gasteiger partial charge on any atom is 0.273 e. The summed E-state index contributed by atoms with van der Waals surface area (Å²) in [6, 6.07) is 16.2. The third kappa shape index (κ3) is 4.19. The molecule has 144 valence electrons. The number of anilines is 1. The summed E-state index contributed by atoms with van der Waals surface area (Å²) >= 11 is 0. The summed E-state index contributed by atoms with van der Waals surface area (Å²) in [5.74, 6) is -0.336. The van der Waals surface area contributed by atoms with E-state index in [0.717, 1.165) is 11.3 Å². The zero-order valence-corrected chi connectivity index (χ0v) is 16.9. The first-order chi connectivity index (χ1) is 13.1. The number of carbonyl (C=O) groups excluding carboxylic acids is 2. The molecule has 5 nitrogen and oxygen atoms in total. The topological polar surface area (TPSA) is 64.0 Å². The number of rotatable bonds is 4. The minimum absolute atomic E-state index is 0.0772. The SMILES string of the molecule is Cc1ccc(C(=O)c2cccc(NC(=O)c3cc(C(C)(C)C)nn3C)c2)cc1. The van der Waals surface area contributed by atoms with Crippen LogP contribution in [0.15, 0.2) is 54.6 Å². The molecule has 0 aliphatic rings. The molecule has 0 saturated carbocycles. The maximum absolute atomic E-state index is 12.7. The molecule has 0 atom stereocenters. The van der Waals surface area contributed by atoms with Gasteiger partial charge in [0.05, 0.1) is 5.69 Å². The summed E-state index contributed by atoms with van der Waals surface area (Å²) in [6.45, 7) is 8.14. The number of aryl methyl sites for hydroxylation is 2. The number of amides is 1. The summed E-state index contributed by atoms with van der Waals surface area (Å²) in [7, 11) is 1.75. The highest BCUT2D eigenvalue weighted by Crippen LogP contribution is 2.22. The molecule has 0 aliphatic heterocycles. The summed E-state index contributed by atoms with van der Waals surface area (Å²) in [5, 5.41) is 7.31. The molecule has 1 aromatic heterocycles. The van der Waals surface area contributed by atoms with E-state index in [9.17, 15) is 9.59 Å². The molecule has 0 unspecified atom stereocenters. The van der Waals surface area contributed by atoms with Crippen LogP contribution in [0.1, 0.15) is 58.4 Å². The van der Waals surface area contributed by atoms with Gasteiger partial charge in [-0.2, -0.15) is 5.10 Å². The smallest absolute Gasteiger partial charge is 0.273 e. The molecular formula is C23H25N3O2. The van der Waals surface area contributed by atoms with Crippen LogP contribution in [0, 0.1) is 6.92 Å². The first kappa shape index (κ1) is 19.5. The summed E-state index contributed by atoms with van der Waals surface area (Å²) in [4.78, 5) is 25.4. The van der Waals surface area contributed by atoms with Gasteiger partial charge < -0.3 is 5.32 Å². The molecule has 2 aromatic carbocycles. The predicted octanol–water partition coefficient (Wildman–Crippen LogP) is 4.51. The van der Waals surface area contributed by atoms with Crippen LogP contribution in [-0.2, 0) is 12.5 Å². The molecule has 0 fully saturated rings. The second-order valence-corrected chi connectivity index (χ2v) is 8.02. The number of carbonyl (C=O) groups is 2. The maximum atomic E-state index is 12.7. The van der Waals surface area contributed by atoms with Gasteiger partial charge in [0.2, 0.25) is 0 Å². The van der Waals surface area contributed by atoms with Crippen molar-refractivity contribution in [3.63, 3.8) is 0 Å². The number of hydrogen-bond acceptors (Lipinski definition) is 3. The van der Waals surface area contributed by atoms with Crippen molar-refractivity contribution < 1.29 is 9.59 Å². The van der Waals surface area contributed by atoms with Crippen LogP contribution in [-0.4, -0.2) is 21.5 Å². The molecule has 1 amide bonds. The van der Waals surface area contributed by atoms with E-state index in [1.54, 1.807) is 42.1 Å². The van der Waals surface area contributed by atoms with Gasteiger partial charge >= 0.3 is 0 Å². The van der Waals surface area contributed by atoms with Gasteiger partial charge in [-0.3, -0.25) is 14.3 Å². The molecule has 0 saturated heterocycles. The van der Waals surface area contributed by atoms with Crippen LogP contribution in [0.5, 0.6) is 0 Å². The summed E-state index contributed by atoms with van der Waals surface area (Å²) in [5.41, 5.74) is 4.00. The molecule has 0 radical (unpaired) electrons. The Hall–Kier alpha value is -3.21. The Labute approximate surface area is 165 Å². The largest absolute Gasteiger partial charge is 0.321 e. The van der Waals surface area contributed by atoms with Crippen molar-refractivity contribution in [2.75, 3.05) is 5.32 Å². The average Bonchev–Trinajstić information content (AvgIpc) is 3.04. The molecule has 3 rings (SSSR count). The van der Waals surface area contributed by atoms with E-state index < -0.39 is 0 Å². The highest BCUT2D eigenvalue weighted by molar-refractivity contribution is 6.10. The standard InChI is InChI=1S/C23H25N3O2/c1-15-9-11-16(12-10-15)21(27)17-7-6-8-18(13-17)24-22(28)19-14-20(23(2,3)4)25-26(19)5/h6-14H,1-5H3,(H,24,28). The normalized spacial score (nSPS) is 11.3. The number of aromatic nitrogens is 2. The minimum atomic E-state index is -0.259. The minimum Gasteiger partial charge on any atom is -0.321 e. The number of ketones is 1. The molecular weight excluding hydrogens is 350 g/mol. The zero-order chi connectivity index (χ0) is 20.5.